The number of hydrogen-bond acceptors (Lipinski definition) is 3. The van der Waals surface area contributed by atoms with Crippen LogP contribution in [0.1, 0.15) is 6.42 Å². The minimum Gasteiger partial charge on any atom is -0.505 e. The molecule has 0 spiro atoms. The second kappa shape index (κ2) is 4.57. The highest BCUT2D eigenvalue weighted by Gasteiger charge is 1.96. The second-order valence-electron chi connectivity index (χ2n) is 2.17. The Balaban J connectivity index is 4.08. The van der Waals surface area contributed by atoms with Crippen molar-refractivity contribution >= 4 is 0 Å². The summed E-state index contributed by atoms with van der Waals surface area (Å²) in [7, 11) is 0. The summed E-state index contributed by atoms with van der Waals surface area (Å²) in [6.07, 6.45) is 1.94. The number of nitrogens with two attached hydrogens (primary N) is 1. The van der Waals surface area contributed by atoms with Gasteiger partial charge in [-0.05, 0) is 19.0 Å². The van der Waals surface area contributed by atoms with Gasteiger partial charge in [0.15, 0.2) is 5.76 Å². The predicted molar refractivity (Wildman–Crippen MR) is 45.3 cm³/mol. The van der Waals surface area contributed by atoms with Gasteiger partial charge in [-0.2, -0.15) is 0 Å². The molecule has 0 amide bonds. The molecular weight excluding hydrogens is 142 g/mol. The van der Waals surface area contributed by atoms with Gasteiger partial charge in [0.25, 0.3) is 0 Å². The summed E-state index contributed by atoms with van der Waals surface area (Å²) >= 11 is 0. The van der Waals surface area contributed by atoms with E-state index in [9.17, 15) is 0 Å². The Hall–Kier alpha value is -1.22. The monoisotopic (exact) mass is 155 g/mol. The standard InChI is InChI=1S/C8H13NO2/c1-6(3-4-9)5-8(11)7(2)10/h5,10-11H,1-4,9H2/b8-5+. The van der Waals surface area contributed by atoms with Crippen LogP contribution in [0.3, 0.4) is 0 Å². The van der Waals surface area contributed by atoms with Crippen molar-refractivity contribution in [3.05, 3.63) is 36.3 Å². The second-order valence-corrected chi connectivity index (χ2v) is 2.17. The molecular formula is C8H13NO2. The molecule has 0 bridgehead atoms. The first-order valence-corrected chi connectivity index (χ1v) is 3.24. The molecule has 0 heterocycles. The zero-order valence-corrected chi connectivity index (χ0v) is 6.38. The summed E-state index contributed by atoms with van der Waals surface area (Å²) in [6.45, 7) is 7.20. The number of hydrogen-bond donors (Lipinski definition) is 3. The molecule has 0 radical (unpaired) electrons. The first kappa shape index (κ1) is 9.78. The lowest BCUT2D eigenvalue weighted by molar-refractivity contribution is 0.328. The van der Waals surface area contributed by atoms with Crippen molar-refractivity contribution in [3.8, 4) is 0 Å². The molecule has 62 valence electrons. The van der Waals surface area contributed by atoms with E-state index in [0.29, 0.717) is 18.5 Å². The van der Waals surface area contributed by atoms with Crippen molar-refractivity contribution in [1.82, 2.24) is 0 Å². The van der Waals surface area contributed by atoms with Crippen LogP contribution in [0.15, 0.2) is 36.3 Å². The van der Waals surface area contributed by atoms with Gasteiger partial charge in [0.2, 0.25) is 0 Å². The van der Waals surface area contributed by atoms with Gasteiger partial charge in [-0.25, -0.2) is 0 Å². The van der Waals surface area contributed by atoms with Crippen molar-refractivity contribution in [2.45, 2.75) is 6.42 Å². The third-order valence-electron chi connectivity index (χ3n) is 1.10. The van der Waals surface area contributed by atoms with Crippen LogP contribution >= 0.6 is 0 Å². The molecule has 0 aliphatic carbocycles. The molecule has 3 nitrogen and oxygen atoms in total. The van der Waals surface area contributed by atoms with Gasteiger partial charge in [-0.15, -0.1) is 0 Å². The van der Waals surface area contributed by atoms with Crippen molar-refractivity contribution in [3.63, 3.8) is 0 Å². The lowest BCUT2D eigenvalue weighted by Gasteiger charge is -1.98. The third-order valence-corrected chi connectivity index (χ3v) is 1.10. The van der Waals surface area contributed by atoms with Crippen LogP contribution in [0, 0.1) is 0 Å². The molecule has 0 rings (SSSR count). The smallest absolute Gasteiger partial charge is 0.157 e. The molecule has 0 saturated carbocycles. The van der Waals surface area contributed by atoms with E-state index in [0.717, 1.165) is 0 Å². The topological polar surface area (TPSA) is 66.5 Å². The van der Waals surface area contributed by atoms with Crippen LogP contribution in [-0.2, 0) is 0 Å². The largest absolute Gasteiger partial charge is 0.505 e. The highest BCUT2D eigenvalue weighted by molar-refractivity contribution is 5.25. The van der Waals surface area contributed by atoms with Gasteiger partial charge in [0.1, 0.15) is 5.76 Å². The predicted octanol–water partition coefficient (Wildman–Crippen LogP) is 1.41. The Morgan fingerprint density at radius 2 is 1.91 bits per heavy atom. The summed E-state index contributed by atoms with van der Waals surface area (Å²) in [6, 6.07) is 0. The van der Waals surface area contributed by atoms with E-state index in [4.69, 9.17) is 15.9 Å². The molecule has 0 unspecified atom stereocenters. The van der Waals surface area contributed by atoms with Crippen molar-refractivity contribution < 1.29 is 10.2 Å². The summed E-state index contributed by atoms with van der Waals surface area (Å²) < 4.78 is 0. The van der Waals surface area contributed by atoms with Gasteiger partial charge in [-0.1, -0.05) is 18.7 Å². The maximum Gasteiger partial charge on any atom is 0.157 e. The van der Waals surface area contributed by atoms with E-state index in [2.05, 4.69) is 13.2 Å². The Morgan fingerprint density at radius 3 is 2.27 bits per heavy atom. The molecule has 3 heteroatoms. The SMILES string of the molecule is C=C(/C=C(/O)C(=C)O)CCN. The van der Waals surface area contributed by atoms with E-state index in [1.165, 1.54) is 6.08 Å². The molecule has 0 aromatic carbocycles. The molecule has 0 fully saturated rings. The lowest BCUT2D eigenvalue weighted by atomic mass is 10.2. The summed E-state index contributed by atoms with van der Waals surface area (Å²) in [4.78, 5) is 0. The van der Waals surface area contributed by atoms with Crippen LogP contribution in [-0.4, -0.2) is 16.8 Å². The minimum atomic E-state index is -0.358. The highest BCUT2D eigenvalue weighted by atomic mass is 16.3. The van der Waals surface area contributed by atoms with Crippen molar-refractivity contribution in [1.29, 1.82) is 0 Å². The summed E-state index contributed by atoms with van der Waals surface area (Å²) in [5.74, 6) is -0.619. The van der Waals surface area contributed by atoms with E-state index < -0.39 is 0 Å². The first-order valence-electron chi connectivity index (χ1n) is 3.24. The summed E-state index contributed by atoms with van der Waals surface area (Å²) in [5, 5.41) is 17.6. The van der Waals surface area contributed by atoms with Gasteiger partial charge >= 0.3 is 0 Å². The number of aliphatic hydroxyl groups excluding tert-OH is 2. The normalized spacial score (nSPS) is 11.2. The third kappa shape index (κ3) is 4.22. The molecule has 0 saturated heterocycles. The number of allylic oxidation sites excluding steroid dienone is 1. The Bertz CT molecular complexity index is 194. The fourth-order valence-corrected chi connectivity index (χ4v) is 0.534. The Kier molecular flexibility index (Phi) is 4.07. The minimum absolute atomic E-state index is 0.261. The molecule has 0 aliphatic rings. The highest BCUT2D eigenvalue weighted by Crippen LogP contribution is 2.05. The average molecular weight is 155 g/mol. The number of rotatable bonds is 4. The van der Waals surface area contributed by atoms with Gasteiger partial charge in [0, 0.05) is 0 Å². The fraction of sp³-hybridized carbons (Fsp3) is 0.250. The van der Waals surface area contributed by atoms with Gasteiger partial charge in [-0.3, -0.25) is 0 Å². The van der Waals surface area contributed by atoms with Crippen LogP contribution in [0.2, 0.25) is 0 Å². The molecule has 11 heavy (non-hydrogen) atoms. The van der Waals surface area contributed by atoms with E-state index in [1.807, 2.05) is 0 Å². The Labute approximate surface area is 66.2 Å². The van der Waals surface area contributed by atoms with E-state index in [-0.39, 0.29) is 11.5 Å². The number of aliphatic hydroxyl groups is 2. The lowest BCUT2D eigenvalue weighted by Crippen LogP contribution is -1.99. The van der Waals surface area contributed by atoms with Crippen molar-refractivity contribution in [2.75, 3.05) is 6.54 Å². The first-order chi connectivity index (χ1) is 5.07. The molecule has 4 N–H and O–H groups in total. The van der Waals surface area contributed by atoms with Gasteiger partial charge < -0.3 is 15.9 Å². The Morgan fingerprint density at radius 1 is 1.36 bits per heavy atom. The zero-order chi connectivity index (χ0) is 8.85. The van der Waals surface area contributed by atoms with E-state index in [1.54, 1.807) is 0 Å². The van der Waals surface area contributed by atoms with Crippen LogP contribution in [0.5, 0.6) is 0 Å². The zero-order valence-electron chi connectivity index (χ0n) is 6.38. The maximum absolute atomic E-state index is 8.93. The molecule has 0 aliphatic heterocycles. The van der Waals surface area contributed by atoms with Gasteiger partial charge in [0.05, 0.1) is 0 Å². The van der Waals surface area contributed by atoms with Crippen molar-refractivity contribution in [2.24, 2.45) is 5.73 Å². The van der Waals surface area contributed by atoms with Crippen LogP contribution in [0.25, 0.3) is 0 Å². The van der Waals surface area contributed by atoms with Crippen LogP contribution in [0.4, 0.5) is 0 Å². The maximum atomic E-state index is 8.93. The molecule has 0 aromatic rings. The van der Waals surface area contributed by atoms with E-state index >= 15 is 0 Å². The molecule has 0 aromatic heterocycles. The summed E-state index contributed by atoms with van der Waals surface area (Å²) in [5.41, 5.74) is 5.89. The quantitative estimate of drug-likeness (QED) is 0.424. The van der Waals surface area contributed by atoms with Crippen LogP contribution < -0.4 is 5.73 Å². The molecule has 0 atom stereocenters. The fourth-order valence-electron chi connectivity index (χ4n) is 0.534. The average Bonchev–Trinajstić information content (AvgIpc) is 1.87.